The van der Waals surface area contributed by atoms with Crippen LogP contribution in [0.2, 0.25) is 0 Å². The summed E-state index contributed by atoms with van der Waals surface area (Å²) in [6, 6.07) is -0.731. The van der Waals surface area contributed by atoms with E-state index in [2.05, 4.69) is 0 Å². The van der Waals surface area contributed by atoms with Crippen molar-refractivity contribution in [1.29, 1.82) is 0 Å². The van der Waals surface area contributed by atoms with Gasteiger partial charge in [0.2, 0.25) is 0 Å². The van der Waals surface area contributed by atoms with E-state index in [4.69, 9.17) is 10.8 Å². The molecule has 0 heterocycles. The molecule has 0 amide bonds. The molecule has 0 unspecified atom stereocenters. The van der Waals surface area contributed by atoms with E-state index in [-0.39, 0.29) is 0 Å². The van der Waals surface area contributed by atoms with Crippen LogP contribution in [0, 0.1) is 0 Å². The van der Waals surface area contributed by atoms with Crippen LogP contribution in [0.4, 0.5) is 0 Å². The van der Waals surface area contributed by atoms with Gasteiger partial charge in [0.15, 0.2) is 0 Å². The van der Waals surface area contributed by atoms with Gasteiger partial charge in [0.1, 0.15) is 6.04 Å². The fraction of sp³-hybridized carbons (Fsp3) is 0.667. The quantitative estimate of drug-likeness (QED) is 0.453. The van der Waals surface area contributed by atoms with Crippen LogP contribution in [0.3, 0.4) is 0 Å². The molecular weight excluding hydrogens is 84.0 g/mol. The van der Waals surface area contributed by atoms with E-state index < -0.39 is 12.0 Å². The van der Waals surface area contributed by atoms with Crippen LogP contribution in [-0.2, 0) is 4.79 Å². The van der Waals surface area contributed by atoms with Crippen LogP contribution in [0.15, 0.2) is 0 Å². The van der Waals surface area contributed by atoms with Crippen LogP contribution in [-0.4, -0.2) is 17.1 Å². The highest BCUT2D eigenvalue weighted by molar-refractivity contribution is 5.72. The molecule has 0 aliphatic rings. The normalized spacial score (nSPS) is 13.7. The lowest BCUT2D eigenvalue weighted by atomic mass is 10.4. The summed E-state index contributed by atoms with van der Waals surface area (Å²) in [4.78, 5) is 9.57. The Balaban J connectivity index is 3.26. The van der Waals surface area contributed by atoms with Crippen molar-refractivity contribution < 1.29 is 9.90 Å². The summed E-state index contributed by atoms with van der Waals surface area (Å²) >= 11 is 0. The zero-order valence-corrected chi connectivity index (χ0v) is 3.51. The topological polar surface area (TPSA) is 63.3 Å². The summed E-state index contributed by atoms with van der Waals surface area (Å²) in [6.07, 6.45) is 0. The molecule has 0 aromatic heterocycles. The van der Waals surface area contributed by atoms with E-state index in [0.29, 0.717) is 0 Å². The van der Waals surface area contributed by atoms with Gasteiger partial charge in [-0.2, -0.15) is 0 Å². The Bertz CT molecular complexity index is 59.8. The Labute approximate surface area is 35.8 Å². The zero-order chi connectivity index (χ0) is 5.15. The second kappa shape index (κ2) is 1.77. The van der Waals surface area contributed by atoms with Gasteiger partial charge in [0.05, 0.1) is 0 Å². The van der Waals surface area contributed by atoms with E-state index in [1.165, 1.54) is 6.92 Å². The standard InChI is InChI=1S/C3H7NO2/c1-2(4)3(5)6/h2H,4H2,1H3,(H,5,6)/t2-/m1/s1/i5+1,6+1. The Kier molecular flexibility index (Phi) is 1.60. The first-order chi connectivity index (χ1) is 2.64. The zero-order valence-electron chi connectivity index (χ0n) is 3.51. The summed E-state index contributed by atoms with van der Waals surface area (Å²) in [7, 11) is 0. The second-order valence-electron chi connectivity index (χ2n) is 1.13. The van der Waals surface area contributed by atoms with Crippen molar-refractivity contribution in [2.45, 2.75) is 13.0 Å². The fourth-order valence-electron chi connectivity index (χ4n) is 0. The first kappa shape index (κ1) is 5.43. The lowest BCUT2D eigenvalue weighted by molar-refractivity contribution is -0.138. The van der Waals surface area contributed by atoms with E-state index in [0.717, 1.165) is 0 Å². The second-order valence-corrected chi connectivity index (χ2v) is 1.13. The molecule has 3 heteroatoms. The van der Waals surface area contributed by atoms with Crippen LogP contribution in [0.5, 0.6) is 0 Å². The SMILES string of the molecule is C[C@@H](N)C(=[17O])[17OH]. The molecule has 0 aliphatic carbocycles. The number of carboxylic acid groups (broad SMARTS) is 1. The number of rotatable bonds is 1. The van der Waals surface area contributed by atoms with Gasteiger partial charge >= 0.3 is 5.97 Å². The van der Waals surface area contributed by atoms with Gasteiger partial charge in [-0.3, -0.25) is 4.79 Å². The van der Waals surface area contributed by atoms with E-state index in [9.17, 15) is 4.79 Å². The van der Waals surface area contributed by atoms with Crippen molar-refractivity contribution in [3.63, 3.8) is 0 Å². The van der Waals surface area contributed by atoms with Gasteiger partial charge in [-0.15, -0.1) is 0 Å². The maximum Gasteiger partial charge on any atom is 0.320 e. The maximum atomic E-state index is 9.57. The molecule has 6 heavy (non-hydrogen) atoms. The van der Waals surface area contributed by atoms with Crippen molar-refractivity contribution in [2.24, 2.45) is 5.73 Å². The number of hydrogen-bond acceptors (Lipinski definition) is 2. The average molecular weight is 91.1 g/mol. The summed E-state index contributed by atoms with van der Waals surface area (Å²) < 4.78 is 0. The lowest BCUT2D eigenvalue weighted by Gasteiger charge is -1.90. The molecule has 0 aromatic carbocycles. The molecule has 3 N–H and O–H groups in total. The molecule has 0 bridgehead atoms. The van der Waals surface area contributed by atoms with Crippen molar-refractivity contribution in [3.05, 3.63) is 0 Å². The highest BCUT2D eigenvalue weighted by Crippen LogP contribution is 1.68. The minimum atomic E-state index is -0.963. The third-order valence-electron chi connectivity index (χ3n) is 0.390. The van der Waals surface area contributed by atoms with Gasteiger partial charge in [-0.25, -0.2) is 0 Å². The number of aliphatic carboxylic acids is 1. The van der Waals surface area contributed by atoms with Gasteiger partial charge < -0.3 is 10.8 Å². The van der Waals surface area contributed by atoms with Crippen LogP contribution in [0.25, 0.3) is 0 Å². The molecule has 0 fully saturated rings. The van der Waals surface area contributed by atoms with Gasteiger partial charge in [0.25, 0.3) is 0 Å². The van der Waals surface area contributed by atoms with Gasteiger partial charge in [-0.05, 0) is 6.92 Å². The van der Waals surface area contributed by atoms with Crippen LogP contribution in [0.1, 0.15) is 6.92 Å². The minimum Gasteiger partial charge on any atom is -0.480 e. The third kappa shape index (κ3) is 1.72. The predicted molar refractivity (Wildman–Crippen MR) is 21.3 cm³/mol. The third-order valence-corrected chi connectivity index (χ3v) is 0.390. The highest BCUT2D eigenvalue weighted by Gasteiger charge is 1.99. The average Bonchev–Trinajstić information content (AvgIpc) is 1.36. The largest absolute Gasteiger partial charge is 0.480 e. The number of nitrogens with two attached hydrogens (primary N) is 1. The fourth-order valence-corrected chi connectivity index (χ4v) is 0. The van der Waals surface area contributed by atoms with E-state index >= 15 is 0 Å². The molecule has 0 saturated heterocycles. The maximum absolute atomic E-state index is 9.57. The molecule has 1 atom stereocenters. The summed E-state index contributed by atoms with van der Waals surface area (Å²) in [5, 5.41) is 7.87. The monoisotopic (exact) mass is 91.1 g/mol. The molecule has 0 radical (unpaired) electrons. The molecule has 36 valence electrons. The Morgan fingerprint density at radius 3 is 2.17 bits per heavy atom. The lowest BCUT2D eigenvalue weighted by Crippen LogP contribution is -2.25. The van der Waals surface area contributed by atoms with Gasteiger partial charge in [-0.1, -0.05) is 0 Å². The van der Waals surface area contributed by atoms with Gasteiger partial charge in [0, 0.05) is 0 Å². The molecule has 0 saturated carbocycles. The molecular formula is C3H7NO2. The molecule has 3 nitrogen and oxygen atoms in total. The molecule has 0 spiro atoms. The smallest absolute Gasteiger partial charge is 0.320 e. The van der Waals surface area contributed by atoms with Crippen molar-refractivity contribution in [1.82, 2.24) is 0 Å². The van der Waals surface area contributed by atoms with Crippen molar-refractivity contribution in [2.75, 3.05) is 0 Å². The Hall–Kier alpha value is -0.570. The highest BCUT2D eigenvalue weighted by atomic mass is 17.3. The van der Waals surface area contributed by atoms with Crippen LogP contribution < -0.4 is 5.73 Å². The molecule has 0 rings (SSSR count). The summed E-state index contributed by atoms with van der Waals surface area (Å²) in [6.45, 7) is 1.42. The first-order valence-electron chi connectivity index (χ1n) is 1.63. The van der Waals surface area contributed by atoms with Crippen LogP contribution >= 0.6 is 0 Å². The minimum absolute atomic E-state index is 0.731. The number of hydrogen-bond donors (Lipinski definition) is 2. The predicted octanol–water partition coefficient (Wildman–Crippen LogP) is -0.582. The van der Waals surface area contributed by atoms with Crippen molar-refractivity contribution in [3.8, 4) is 0 Å². The Morgan fingerprint density at radius 1 is 2.00 bits per heavy atom. The molecule has 0 aliphatic heterocycles. The Morgan fingerprint density at radius 2 is 2.17 bits per heavy atom. The van der Waals surface area contributed by atoms with Crippen molar-refractivity contribution >= 4 is 5.97 Å². The van der Waals surface area contributed by atoms with E-state index in [1.54, 1.807) is 0 Å². The first-order valence-corrected chi connectivity index (χ1v) is 1.63. The number of carbonyl (C=O) groups is 1. The number of carboxylic acids is 1. The summed E-state index contributed by atoms with van der Waals surface area (Å²) in [5.41, 5.74) is 4.84. The van der Waals surface area contributed by atoms with E-state index in [1.807, 2.05) is 0 Å². The molecule has 0 aromatic rings. The summed E-state index contributed by atoms with van der Waals surface area (Å²) in [5.74, 6) is -0.963.